The second-order valence-electron chi connectivity index (χ2n) is 4.32. The number of rotatable bonds is 6. The lowest BCUT2D eigenvalue weighted by Crippen LogP contribution is -2.42. The maximum atomic E-state index is 11.5. The summed E-state index contributed by atoms with van der Waals surface area (Å²) in [5, 5.41) is 15.1. The highest BCUT2D eigenvalue weighted by molar-refractivity contribution is 5.77. The lowest BCUT2D eigenvalue weighted by molar-refractivity contribution is -0.297. The minimum Gasteiger partial charge on any atom is -0.400 e. The van der Waals surface area contributed by atoms with Gasteiger partial charge in [-0.05, 0) is 13.3 Å². The molecule has 1 heterocycles. The molecule has 8 heteroatoms. The molecule has 0 aromatic carbocycles. The molecule has 1 fully saturated rings. The van der Waals surface area contributed by atoms with Crippen molar-refractivity contribution in [2.45, 2.75) is 51.1 Å². The summed E-state index contributed by atoms with van der Waals surface area (Å²) in [5.41, 5.74) is 0. The van der Waals surface area contributed by atoms with Crippen LogP contribution in [0.3, 0.4) is 0 Å². The normalized spacial score (nSPS) is 23.3. The highest BCUT2D eigenvalue weighted by atomic mass is 16.8. The van der Waals surface area contributed by atoms with E-state index in [4.69, 9.17) is 24.5 Å². The molecule has 132 valence electrons. The van der Waals surface area contributed by atoms with E-state index in [2.05, 4.69) is 0 Å². The number of aliphatic hydroxyl groups excluding tert-OH is 2. The van der Waals surface area contributed by atoms with Gasteiger partial charge in [-0.2, -0.15) is 0 Å². The van der Waals surface area contributed by atoms with Gasteiger partial charge < -0.3 is 24.5 Å². The smallest absolute Gasteiger partial charge is 0.246 e. The molecule has 0 aromatic heterocycles. The van der Waals surface area contributed by atoms with Gasteiger partial charge in [-0.1, -0.05) is 0 Å². The van der Waals surface area contributed by atoms with Crippen LogP contribution in [-0.2, 0) is 23.9 Å². The Morgan fingerprint density at radius 2 is 1.91 bits per heavy atom. The molecule has 3 atom stereocenters. The Kier molecular flexibility index (Phi) is 15.7. The highest BCUT2D eigenvalue weighted by Crippen LogP contribution is 2.22. The molecule has 0 saturated carbocycles. The van der Waals surface area contributed by atoms with E-state index in [0.717, 1.165) is 25.7 Å². The van der Waals surface area contributed by atoms with E-state index in [-0.39, 0.29) is 31.0 Å². The first-order valence-electron chi connectivity index (χ1n) is 7.03. The van der Waals surface area contributed by atoms with Gasteiger partial charge >= 0.3 is 0 Å². The average Bonchev–Trinajstić information content (AvgIpc) is 2.56. The molecular weight excluding hydrogens is 294 g/mol. The van der Waals surface area contributed by atoms with Crippen molar-refractivity contribution in [3.63, 3.8) is 0 Å². The van der Waals surface area contributed by atoms with Gasteiger partial charge in [0.05, 0.1) is 12.2 Å². The van der Waals surface area contributed by atoms with Crippen molar-refractivity contribution in [3.05, 3.63) is 0 Å². The highest BCUT2D eigenvalue weighted by Gasteiger charge is 2.30. The molecule has 1 aliphatic rings. The zero-order valence-electron chi connectivity index (χ0n) is 14.0. The third-order valence-electron chi connectivity index (χ3n) is 2.98. The summed E-state index contributed by atoms with van der Waals surface area (Å²) in [7, 11) is 5.18. The first-order chi connectivity index (χ1) is 10.6. The summed E-state index contributed by atoms with van der Waals surface area (Å²) >= 11 is 0. The maximum Gasteiger partial charge on any atom is 0.246 e. The van der Waals surface area contributed by atoms with Crippen molar-refractivity contribution >= 4 is 12.2 Å². The Labute approximate surface area is 131 Å². The van der Waals surface area contributed by atoms with Crippen molar-refractivity contribution in [2.75, 3.05) is 28.4 Å². The number of hydrogen-bond acceptors (Lipinski definition) is 7. The molecule has 1 saturated heterocycles. The predicted molar refractivity (Wildman–Crippen MR) is 79.8 cm³/mol. The van der Waals surface area contributed by atoms with Crippen LogP contribution in [0.2, 0.25) is 0 Å². The van der Waals surface area contributed by atoms with Gasteiger partial charge in [-0.3, -0.25) is 4.79 Å². The fraction of sp³-hybridized carbons (Fsp3) is 0.857. The van der Waals surface area contributed by atoms with Gasteiger partial charge in [-0.15, -0.1) is 0 Å². The molecule has 1 aliphatic heterocycles. The van der Waals surface area contributed by atoms with Crippen LogP contribution in [0.25, 0.3) is 0 Å². The van der Waals surface area contributed by atoms with E-state index in [1.165, 1.54) is 7.05 Å². The molecule has 8 nitrogen and oxygen atoms in total. The number of hydrogen-bond donors (Lipinski definition) is 2. The van der Waals surface area contributed by atoms with Gasteiger partial charge in [0.25, 0.3) is 0 Å². The number of hydroxylamine groups is 2. The van der Waals surface area contributed by atoms with E-state index >= 15 is 0 Å². The first kappa shape index (κ1) is 23.2. The maximum absolute atomic E-state index is 11.5. The van der Waals surface area contributed by atoms with Crippen LogP contribution in [0.4, 0.5) is 0 Å². The lowest BCUT2D eigenvalue weighted by Gasteiger charge is -2.34. The monoisotopic (exact) mass is 323 g/mol. The van der Waals surface area contributed by atoms with Crippen molar-refractivity contribution < 1.29 is 34.1 Å². The number of ether oxygens (including phenoxy) is 2. The minimum absolute atomic E-state index is 0.0628. The third kappa shape index (κ3) is 9.06. The van der Waals surface area contributed by atoms with Gasteiger partial charge in [0.2, 0.25) is 5.91 Å². The van der Waals surface area contributed by atoms with Gasteiger partial charge in [0, 0.05) is 47.6 Å². The Balaban J connectivity index is 0. The second kappa shape index (κ2) is 14.9. The number of aliphatic hydroxyl groups is 2. The fourth-order valence-corrected chi connectivity index (χ4v) is 1.89. The van der Waals surface area contributed by atoms with Gasteiger partial charge in [-0.25, -0.2) is 9.90 Å². The van der Waals surface area contributed by atoms with E-state index in [0.29, 0.717) is 12.7 Å². The van der Waals surface area contributed by atoms with Crippen LogP contribution in [0, 0.1) is 0 Å². The van der Waals surface area contributed by atoms with Crippen LogP contribution in [0.1, 0.15) is 32.6 Å². The molecule has 0 bridgehead atoms. The number of aldehydes is 1. The molecular formula is C14H29NO7. The molecule has 1 rings (SSSR count). The zero-order valence-corrected chi connectivity index (χ0v) is 14.0. The van der Waals surface area contributed by atoms with Crippen LogP contribution >= 0.6 is 0 Å². The Bertz CT molecular complexity index is 288. The van der Waals surface area contributed by atoms with E-state index in [1.807, 2.05) is 6.92 Å². The van der Waals surface area contributed by atoms with Gasteiger partial charge in [0.15, 0.2) is 6.29 Å². The molecule has 22 heavy (non-hydrogen) atoms. The van der Waals surface area contributed by atoms with Gasteiger partial charge in [0.1, 0.15) is 6.29 Å². The molecule has 2 unspecified atom stereocenters. The standard InChI is InChI=1S/C12H21NO5.2CH4O/c1-9-10(16-3)6-7-12(17-9)18-13(2)11(15)5-4-8-14;2*1-2/h8-10,12H,4-7H2,1-3H3;2*2H,1H3/t9-,10?,12?;;/m0../s1. The first-order valence-corrected chi connectivity index (χ1v) is 7.03. The zero-order chi connectivity index (χ0) is 17.5. The molecule has 0 aromatic rings. The van der Waals surface area contributed by atoms with E-state index in [1.54, 1.807) is 7.11 Å². The molecule has 1 amide bonds. The molecule has 2 N–H and O–H groups in total. The Morgan fingerprint density at radius 1 is 1.32 bits per heavy atom. The van der Waals surface area contributed by atoms with Crippen LogP contribution in [0.5, 0.6) is 0 Å². The second-order valence-corrected chi connectivity index (χ2v) is 4.32. The largest absolute Gasteiger partial charge is 0.400 e. The topological polar surface area (TPSA) is 106 Å². The summed E-state index contributed by atoms with van der Waals surface area (Å²) < 4.78 is 10.9. The lowest BCUT2D eigenvalue weighted by atomic mass is 10.1. The summed E-state index contributed by atoms with van der Waals surface area (Å²) in [5.74, 6) is -0.229. The third-order valence-corrected chi connectivity index (χ3v) is 2.98. The molecule has 0 aliphatic carbocycles. The fourth-order valence-electron chi connectivity index (χ4n) is 1.89. The minimum atomic E-state index is -0.434. The summed E-state index contributed by atoms with van der Waals surface area (Å²) in [6.07, 6.45) is 2.16. The Morgan fingerprint density at radius 3 is 2.36 bits per heavy atom. The van der Waals surface area contributed by atoms with Crippen LogP contribution in [-0.4, -0.2) is 74.3 Å². The number of carbonyl (C=O) groups excluding carboxylic acids is 2. The number of nitrogens with zero attached hydrogens (tertiary/aromatic N) is 1. The quantitative estimate of drug-likeness (QED) is 0.528. The number of methoxy groups -OCH3 is 1. The Hall–Kier alpha value is -1.06. The average molecular weight is 323 g/mol. The predicted octanol–water partition coefficient (Wildman–Crippen LogP) is 0.113. The molecule has 0 radical (unpaired) electrons. The van der Waals surface area contributed by atoms with Crippen LogP contribution < -0.4 is 0 Å². The summed E-state index contributed by atoms with van der Waals surface area (Å²) in [6.45, 7) is 1.91. The number of carbonyl (C=O) groups is 2. The number of amides is 1. The van der Waals surface area contributed by atoms with Crippen molar-refractivity contribution in [3.8, 4) is 0 Å². The van der Waals surface area contributed by atoms with E-state index in [9.17, 15) is 9.59 Å². The SMILES string of the molecule is CO.CO.COC1CCC(ON(C)C(=O)CCC=O)O[C@H]1C. The van der Waals surface area contributed by atoms with E-state index < -0.39 is 6.29 Å². The van der Waals surface area contributed by atoms with Crippen molar-refractivity contribution in [1.29, 1.82) is 0 Å². The summed E-state index contributed by atoms with van der Waals surface area (Å²) in [4.78, 5) is 27.1. The van der Waals surface area contributed by atoms with Crippen molar-refractivity contribution in [1.82, 2.24) is 5.06 Å². The molecule has 0 spiro atoms. The van der Waals surface area contributed by atoms with Crippen LogP contribution in [0.15, 0.2) is 0 Å². The van der Waals surface area contributed by atoms with Crippen molar-refractivity contribution in [2.24, 2.45) is 0 Å². The summed E-state index contributed by atoms with van der Waals surface area (Å²) in [6, 6.07) is 0.